The Morgan fingerprint density at radius 3 is 3.00 bits per heavy atom. The summed E-state index contributed by atoms with van der Waals surface area (Å²) in [5, 5.41) is 0. The van der Waals surface area contributed by atoms with E-state index in [1.165, 1.54) is 23.2 Å². The van der Waals surface area contributed by atoms with Crippen LogP contribution >= 0.6 is 15.9 Å². The molecule has 0 fully saturated rings. The van der Waals surface area contributed by atoms with Gasteiger partial charge >= 0.3 is 0 Å². The number of fused-ring (bicyclic) bond motifs is 3. The number of aromatic amines is 1. The average Bonchev–Trinajstić information content (AvgIpc) is 2.91. The number of H-pyrrole nitrogens is 1. The zero-order valence-corrected chi connectivity index (χ0v) is 12.5. The van der Waals surface area contributed by atoms with E-state index >= 15 is 0 Å². The summed E-state index contributed by atoms with van der Waals surface area (Å²) < 4.78 is 1.14. The Labute approximate surface area is 121 Å². The van der Waals surface area contributed by atoms with E-state index in [2.05, 4.69) is 39.1 Å². The average molecular weight is 320 g/mol. The third-order valence-electron chi connectivity index (χ3n) is 3.64. The Morgan fingerprint density at radius 1 is 1.26 bits per heavy atom. The molecule has 3 rings (SSSR count). The molecule has 0 spiro atoms. The predicted octanol–water partition coefficient (Wildman–Crippen LogP) is 3.41. The highest BCUT2D eigenvalue weighted by Gasteiger charge is 2.22. The monoisotopic (exact) mass is 319 g/mol. The topological polar surface area (TPSA) is 54.7 Å². The maximum atomic E-state index is 5.50. The van der Waals surface area contributed by atoms with E-state index in [0.717, 1.165) is 48.2 Å². The molecule has 0 saturated carbocycles. The molecule has 0 bridgehead atoms. The Kier molecular flexibility index (Phi) is 3.71. The van der Waals surface area contributed by atoms with Crippen molar-refractivity contribution in [3.8, 4) is 11.3 Å². The number of benzene rings is 1. The van der Waals surface area contributed by atoms with E-state index < -0.39 is 0 Å². The normalized spacial score (nSPS) is 12.5. The van der Waals surface area contributed by atoms with E-state index in [-0.39, 0.29) is 0 Å². The van der Waals surface area contributed by atoms with Crippen molar-refractivity contribution in [3.05, 3.63) is 39.8 Å². The number of nitrogens with zero attached hydrogens (tertiary/aromatic N) is 1. The molecule has 1 aliphatic rings. The van der Waals surface area contributed by atoms with Crippen molar-refractivity contribution in [1.29, 1.82) is 0 Å². The SMILES string of the molecule is NCCCCCc1nc2c([nH]1)Cc1cc(Br)ccc1-2. The van der Waals surface area contributed by atoms with Crippen LogP contribution in [0.3, 0.4) is 0 Å². The van der Waals surface area contributed by atoms with E-state index in [1.54, 1.807) is 0 Å². The minimum Gasteiger partial charge on any atom is -0.345 e. The van der Waals surface area contributed by atoms with Crippen molar-refractivity contribution in [2.75, 3.05) is 6.54 Å². The second-order valence-electron chi connectivity index (χ2n) is 5.09. The van der Waals surface area contributed by atoms with Gasteiger partial charge in [0, 0.05) is 28.6 Å². The van der Waals surface area contributed by atoms with Gasteiger partial charge in [0.1, 0.15) is 5.82 Å². The zero-order valence-electron chi connectivity index (χ0n) is 10.9. The lowest BCUT2D eigenvalue weighted by Gasteiger charge is -2.01. The van der Waals surface area contributed by atoms with Crippen LogP contribution in [0.5, 0.6) is 0 Å². The second-order valence-corrected chi connectivity index (χ2v) is 6.00. The molecule has 1 aromatic carbocycles. The van der Waals surface area contributed by atoms with Crippen molar-refractivity contribution in [1.82, 2.24) is 9.97 Å². The second kappa shape index (κ2) is 5.47. The van der Waals surface area contributed by atoms with Crippen LogP contribution in [0, 0.1) is 0 Å². The van der Waals surface area contributed by atoms with Crippen molar-refractivity contribution >= 4 is 15.9 Å². The lowest BCUT2D eigenvalue weighted by Crippen LogP contribution is -1.98. The third kappa shape index (κ3) is 2.60. The summed E-state index contributed by atoms with van der Waals surface area (Å²) >= 11 is 3.52. The maximum Gasteiger partial charge on any atom is 0.107 e. The molecular weight excluding hydrogens is 302 g/mol. The summed E-state index contributed by atoms with van der Waals surface area (Å²) in [7, 11) is 0. The minimum absolute atomic E-state index is 0.789. The lowest BCUT2D eigenvalue weighted by molar-refractivity contribution is 0.672. The molecule has 0 unspecified atom stereocenters. The molecule has 0 radical (unpaired) electrons. The quantitative estimate of drug-likeness (QED) is 0.708. The van der Waals surface area contributed by atoms with Crippen molar-refractivity contribution in [2.24, 2.45) is 5.73 Å². The molecule has 0 amide bonds. The number of hydrogen-bond donors (Lipinski definition) is 2. The molecular formula is C15H18BrN3. The van der Waals surface area contributed by atoms with Crippen LogP contribution in [-0.4, -0.2) is 16.5 Å². The molecule has 1 heterocycles. The van der Waals surface area contributed by atoms with Crippen LogP contribution in [0.2, 0.25) is 0 Å². The van der Waals surface area contributed by atoms with Gasteiger partial charge < -0.3 is 10.7 Å². The fourth-order valence-electron chi connectivity index (χ4n) is 2.68. The van der Waals surface area contributed by atoms with Gasteiger partial charge in [0.05, 0.1) is 5.69 Å². The Balaban J connectivity index is 1.74. The highest BCUT2D eigenvalue weighted by atomic mass is 79.9. The number of halogens is 1. The number of unbranched alkanes of at least 4 members (excludes halogenated alkanes) is 2. The number of hydrogen-bond acceptors (Lipinski definition) is 2. The molecule has 0 saturated heterocycles. The summed E-state index contributed by atoms with van der Waals surface area (Å²) in [6.07, 6.45) is 5.46. The van der Waals surface area contributed by atoms with Gasteiger partial charge in [-0.2, -0.15) is 0 Å². The Hall–Kier alpha value is -1.13. The van der Waals surface area contributed by atoms with Crippen LogP contribution in [0.4, 0.5) is 0 Å². The van der Waals surface area contributed by atoms with Gasteiger partial charge in [0.15, 0.2) is 0 Å². The third-order valence-corrected chi connectivity index (χ3v) is 4.13. The maximum absolute atomic E-state index is 5.50. The lowest BCUT2D eigenvalue weighted by atomic mass is 10.1. The van der Waals surface area contributed by atoms with E-state index in [9.17, 15) is 0 Å². The number of nitrogens with two attached hydrogens (primary N) is 1. The number of aromatic nitrogens is 2. The van der Waals surface area contributed by atoms with Gasteiger partial charge in [-0.05, 0) is 37.1 Å². The summed E-state index contributed by atoms with van der Waals surface area (Å²) in [4.78, 5) is 8.24. The molecule has 100 valence electrons. The molecule has 1 aromatic heterocycles. The number of imidazole rings is 1. The summed E-state index contributed by atoms with van der Waals surface area (Å²) in [6.45, 7) is 0.789. The van der Waals surface area contributed by atoms with E-state index in [4.69, 9.17) is 10.7 Å². The van der Waals surface area contributed by atoms with Gasteiger partial charge in [-0.25, -0.2) is 4.98 Å². The van der Waals surface area contributed by atoms with Gasteiger partial charge in [0.2, 0.25) is 0 Å². The van der Waals surface area contributed by atoms with Gasteiger partial charge in [0.25, 0.3) is 0 Å². The van der Waals surface area contributed by atoms with E-state index in [1.807, 2.05) is 0 Å². The first-order chi connectivity index (χ1) is 9.28. The molecule has 1 aliphatic carbocycles. The molecule has 3 nitrogen and oxygen atoms in total. The van der Waals surface area contributed by atoms with Gasteiger partial charge in [-0.15, -0.1) is 0 Å². The molecule has 2 aromatic rings. The first-order valence-electron chi connectivity index (χ1n) is 6.84. The number of aryl methyl sites for hydroxylation is 1. The van der Waals surface area contributed by atoms with Crippen LogP contribution in [0.15, 0.2) is 22.7 Å². The van der Waals surface area contributed by atoms with Crippen molar-refractivity contribution in [2.45, 2.75) is 32.1 Å². The predicted molar refractivity (Wildman–Crippen MR) is 81.1 cm³/mol. The van der Waals surface area contributed by atoms with Crippen LogP contribution in [0.25, 0.3) is 11.3 Å². The van der Waals surface area contributed by atoms with Gasteiger partial charge in [-0.1, -0.05) is 28.4 Å². The number of rotatable bonds is 5. The first-order valence-corrected chi connectivity index (χ1v) is 7.64. The van der Waals surface area contributed by atoms with Crippen molar-refractivity contribution in [3.63, 3.8) is 0 Å². The molecule has 4 heteroatoms. The standard InChI is InChI=1S/C15H18BrN3/c16-11-5-6-12-10(8-11)9-13-15(12)19-14(18-13)4-2-1-3-7-17/h5-6,8H,1-4,7,9,17H2,(H,18,19). The van der Waals surface area contributed by atoms with E-state index in [0.29, 0.717) is 0 Å². The fraction of sp³-hybridized carbons (Fsp3) is 0.400. The Bertz CT molecular complexity index is 589. The summed E-state index contributed by atoms with van der Waals surface area (Å²) in [5.74, 6) is 1.12. The highest BCUT2D eigenvalue weighted by Crippen LogP contribution is 2.36. The Morgan fingerprint density at radius 2 is 2.16 bits per heavy atom. The molecule has 0 aliphatic heterocycles. The molecule has 0 atom stereocenters. The van der Waals surface area contributed by atoms with Crippen LogP contribution < -0.4 is 5.73 Å². The molecule has 3 N–H and O–H groups in total. The van der Waals surface area contributed by atoms with Gasteiger partial charge in [-0.3, -0.25) is 0 Å². The largest absolute Gasteiger partial charge is 0.345 e. The van der Waals surface area contributed by atoms with Crippen molar-refractivity contribution < 1.29 is 0 Å². The zero-order chi connectivity index (χ0) is 13.2. The summed E-state index contributed by atoms with van der Waals surface area (Å²) in [5.41, 5.74) is 10.6. The summed E-state index contributed by atoms with van der Waals surface area (Å²) in [6, 6.07) is 6.43. The smallest absolute Gasteiger partial charge is 0.107 e. The highest BCUT2D eigenvalue weighted by molar-refractivity contribution is 9.10. The van der Waals surface area contributed by atoms with Crippen LogP contribution in [-0.2, 0) is 12.8 Å². The molecule has 19 heavy (non-hydrogen) atoms. The minimum atomic E-state index is 0.789. The first kappa shape index (κ1) is 12.9. The number of nitrogens with one attached hydrogen (secondary N) is 1. The fourth-order valence-corrected chi connectivity index (χ4v) is 3.08. The van der Waals surface area contributed by atoms with Crippen LogP contribution in [0.1, 0.15) is 36.3 Å².